The zero-order valence-corrected chi connectivity index (χ0v) is 20.1. The quantitative estimate of drug-likeness (QED) is 0.318. The van der Waals surface area contributed by atoms with Gasteiger partial charge in [-0.25, -0.2) is 15.0 Å². The summed E-state index contributed by atoms with van der Waals surface area (Å²) in [5.74, 6) is 5.28. The first-order valence-electron chi connectivity index (χ1n) is 11.9. The van der Waals surface area contributed by atoms with Gasteiger partial charge in [0.1, 0.15) is 17.7 Å². The first kappa shape index (κ1) is 24.6. The number of nitrogens with two attached hydrogens (primary N) is 1. The molecular formula is C25H27N7O5. The first-order valence-corrected chi connectivity index (χ1v) is 11.9. The lowest BCUT2D eigenvalue weighted by molar-refractivity contribution is -0.137. The van der Waals surface area contributed by atoms with Crippen molar-refractivity contribution in [2.45, 2.75) is 49.8 Å². The molecule has 5 rings (SSSR count). The van der Waals surface area contributed by atoms with Gasteiger partial charge in [0.2, 0.25) is 11.7 Å². The number of imidazole rings is 1. The van der Waals surface area contributed by atoms with Gasteiger partial charge in [-0.15, -0.1) is 0 Å². The second-order valence-electron chi connectivity index (χ2n) is 9.18. The van der Waals surface area contributed by atoms with Gasteiger partial charge in [-0.3, -0.25) is 14.2 Å². The van der Waals surface area contributed by atoms with Gasteiger partial charge in [-0.1, -0.05) is 36.3 Å². The van der Waals surface area contributed by atoms with E-state index in [1.807, 2.05) is 30.3 Å². The largest absolute Gasteiger partial charge is 0.387 e. The van der Waals surface area contributed by atoms with Gasteiger partial charge < -0.3 is 30.9 Å². The molecule has 0 spiro atoms. The molecule has 5 N–H and O–H groups in total. The molecule has 0 bridgehead atoms. The van der Waals surface area contributed by atoms with Gasteiger partial charge in [0.05, 0.1) is 19.3 Å². The van der Waals surface area contributed by atoms with Crippen LogP contribution in [0.2, 0.25) is 0 Å². The van der Waals surface area contributed by atoms with Crippen LogP contribution < -0.4 is 11.1 Å². The van der Waals surface area contributed by atoms with Crippen LogP contribution in [-0.2, 0) is 20.7 Å². The molecule has 1 unspecified atom stereocenters. The Kier molecular flexibility index (Phi) is 6.75. The van der Waals surface area contributed by atoms with E-state index < -0.39 is 30.4 Å². The van der Waals surface area contributed by atoms with Crippen molar-refractivity contribution in [1.82, 2.24) is 29.7 Å². The first-order chi connectivity index (χ1) is 17.8. The number of hydrogen-bond acceptors (Lipinski definition) is 9. The molecule has 2 amide bonds. The van der Waals surface area contributed by atoms with Crippen LogP contribution in [0, 0.1) is 11.8 Å². The van der Waals surface area contributed by atoms with Crippen LogP contribution in [0.25, 0.3) is 11.2 Å². The van der Waals surface area contributed by atoms with Gasteiger partial charge in [0.25, 0.3) is 5.91 Å². The molecule has 4 atom stereocenters. The number of nitrogen functional groups attached to an aromatic ring is 1. The van der Waals surface area contributed by atoms with Crippen LogP contribution in [0.1, 0.15) is 30.5 Å². The molecule has 2 aliphatic rings. The highest BCUT2D eigenvalue weighted by molar-refractivity contribution is 5.83. The third kappa shape index (κ3) is 5.24. The minimum Gasteiger partial charge on any atom is -0.387 e. The molecule has 192 valence electrons. The third-order valence-corrected chi connectivity index (χ3v) is 6.28. The topological polar surface area (TPSA) is 169 Å². The average molecular weight is 506 g/mol. The van der Waals surface area contributed by atoms with E-state index in [1.54, 1.807) is 7.05 Å². The summed E-state index contributed by atoms with van der Waals surface area (Å²) in [7, 11) is 1.66. The molecule has 12 heteroatoms. The van der Waals surface area contributed by atoms with Crippen LogP contribution in [-0.4, -0.2) is 84.4 Å². The molecule has 1 aromatic carbocycles. The number of fused-ring (bicyclic) bond motifs is 1. The SMILES string of the molecule is CN(CC#Cc1nc(N)c2ncn([C@@H]3O[C@H](C(=O)NC4CC4)C(O)[C@@H]3O)c2n1)C(=O)Cc1ccccc1. The number of aliphatic hydroxyl groups excluding tert-OH is 2. The Morgan fingerprint density at radius 2 is 1.97 bits per heavy atom. The highest BCUT2D eigenvalue weighted by Gasteiger charge is 2.48. The van der Waals surface area contributed by atoms with E-state index in [-0.39, 0.29) is 47.7 Å². The van der Waals surface area contributed by atoms with Gasteiger partial charge in [0.15, 0.2) is 23.8 Å². The number of carbonyl (C=O) groups excluding carboxylic acids is 2. The summed E-state index contributed by atoms with van der Waals surface area (Å²) in [6.07, 6.45) is -1.81. The fraction of sp³-hybridized carbons (Fsp3) is 0.400. The maximum atomic E-state index is 12.4. The molecule has 1 saturated heterocycles. The Balaban J connectivity index is 1.31. The number of rotatable bonds is 6. The fourth-order valence-corrected chi connectivity index (χ4v) is 4.03. The molecule has 1 aliphatic carbocycles. The van der Waals surface area contributed by atoms with Crippen molar-refractivity contribution in [3.8, 4) is 11.8 Å². The lowest BCUT2D eigenvalue weighted by Crippen LogP contribution is -2.43. The number of benzene rings is 1. The summed E-state index contributed by atoms with van der Waals surface area (Å²) >= 11 is 0. The summed E-state index contributed by atoms with van der Waals surface area (Å²) in [5.41, 5.74) is 7.46. The molecule has 37 heavy (non-hydrogen) atoms. The zero-order chi connectivity index (χ0) is 26.1. The van der Waals surface area contributed by atoms with Crippen molar-refractivity contribution in [2.75, 3.05) is 19.3 Å². The van der Waals surface area contributed by atoms with E-state index in [0.29, 0.717) is 0 Å². The smallest absolute Gasteiger partial charge is 0.252 e. The van der Waals surface area contributed by atoms with Gasteiger partial charge >= 0.3 is 0 Å². The number of aromatic nitrogens is 4. The van der Waals surface area contributed by atoms with E-state index in [4.69, 9.17) is 10.5 Å². The molecular weight excluding hydrogens is 478 g/mol. The maximum Gasteiger partial charge on any atom is 0.252 e. The van der Waals surface area contributed by atoms with E-state index >= 15 is 0 Å². The lowest BCUT2D eigenvalue weighted by atomic mass is 10.1. The molecule has 2 fully saturated rings. The van der Waals surface area contributed by atoms with Crippen molar-refractivity contribution in [1.29, 1.82) is 0 Å². The molecule has 2 aromatic heterocycles. The Morgan fingerprint density at radius 3 is 2.70 bits per heavy atom. The summed E-state index contributed by atoms with van der Waals surface area (Å²) in [4.78, 5) is 39.1. The number of hydrogen-bond donors (Lipinski definition) is 4. The van der Waals surface area contributed by atoms with Crippen LogP contribution in [0.3, 0.4) is 0 Å². The molecule has 1 aliphatic heterocycles. The lowest BCUT2D eigenvalue weighted by Gasteiger charge is -2.16. The van der Waals surface area contributed by atoms with Crippen LogP contribution in [0.15, 0.2) is 36.7 Å². The van der Waals surface area contributed by atoms with Crippen LogP contribution in [0.4, 0.5) is 5.82 Å². The number of nitrogens with zero attached hydrogens (tertiary/aromatic N) is 5. The minimum atomic E-state index is -1.43. The van der Waals surface area contributed by atoms with Gasteiger partial charge in [0, 0.05) is 13.1 Å². The fourth-order valence-electron chi connectivity index (χ4n) is 4.03. The van der Waals surface area contributed by atoms with E-state index in [2.05, 4.69) is 32.1 Å². The number of ether oxygens (including phenoxy) is 1. The predicted molar refractivity (Wildman–Crippen MR) is 131 cm³/mol. The standard InChI is InChI=1S/C25H27N7O5/c1-31(17(33)12-14-6-3-2-4-7-14)11-5-8-16-29-22(26)18-23(30-16)32(13-27-18)25-20(35)19(34)21(37-25)24(36)28-15-9-10-15/h2-4,6-7,13,15,19-21,25,34-35H,9-12H2,1H3,(H,28,36)(H2,26,29,30)/t19?,20-,21-,25+/m0/s1. The number of anilines is 1. The molecule has 1 saturated carbocycles. The zero-order valence-electron chi connectivity index (χ0n) is 20.1. The van der Waals surface area contributed by atoms with Gasteiger partial charge in [-0.2, -0.15) is 0 Å². The molecule has 3 heterocycles. The summed E-state index contributed by atoms with van der Waals surface area (Å²) < 4.78 is 7.12. The van der Waals surface area contributed by atoms with E-state index in [9.17, 15) is 19.8 Å². The van der Waals surface area contributed by atoms with Gasteiger partial charge in [-0.05, 0) is 24.3 Å². The Morgan fingerprint density at radius 1 is 1.22 bits per heavy atom. The Labute approximate surface area is 212 Å². The summed E-state index contributed by atoms with van der Waals surface area (Å²) in [5, 5.41) is 23.8. The number of likely N-dealkylation sites (N-methyl/N-ethyl adjacent to an activating group) is 1. The van der Waals surface area contributed by atoms with Crippen molar-refractivity contribution < 1.29 is 24.5 Å². The van der Waals surface area contributed by atoms with Crippen LogP contribution in [0.5, 0.6) is 0 Å². The third-order valence-electron chi connectivity index (χ3n) is 6.28. The van der Waals surface area contributed by atoms with Crippen LogP contribution >= 0.6 is 0 Å². The summed E-state index contributed by atoms with van der Waals surface area (Å²) in [6, 6.07) is 9.50. The van der Waals surface area contributed by atoms with Crippen molar-refractivity contribution in [3.05, 3.63) is 48.0 Å². The predicted octanol–water partition coefficient (Wildman–Crippen LogP) is -0.641. The van der Waals surface area contributed by atoms with Crippen molar-refractivity contribution >= 4 is 28.8 Å². The number of nitrogens with one attached hydrogen (secondary N) is 1. The molecule has 12 nitrogen and oxygen atoms in total. The minimum absolute atomic E-state index is 0.0672. The summed E-state index contributed by atoms with van der Waals surface area (Å²) in [6.45, 7) is 0.153. The Hall–Kier alpha value is -4.05. The van der Waals surface area contributed by atoms with E-state index in [1.165, 1.54) is 15.8 Å². The molecule has 0 radical (unpaired) electrons. The van der Waals surface area contributed by atoms with Crippen molar-refractivity contribution in [3.63, 3.8) is 0 Å². The number of aliphatic hydroxyl groups is 2. The number of amides is 2. The maximum absolute atomic E-state index is 12.4. The van der Waals surface area contributed by atoms with E-state index in [0.717, 1.165) is 18.4 Å². The second-order valence-corrected chi connectivity index (χ2v) is 9.18. The number of carbonyl (C=O) groups is 2. The van der Waals surface area contributed by atoms with Crippen molar-refractivity contribution in [2.24, 2.45) is 0 Å². The highest BCUT2D eigenvalue weighted by Crippen LogP contribution is 2.33. The second kappa shape index (κ2) is 10.1. The molecule has 3 aromatic rings. The highest BCUT2D eigenvalue weighted by atomic mass is 16.6. The normalized spacial score (nSPS) is 22.9. The Bertz CT molecular complexity index is 1380. The monoisotopic (exact) mass is 505 g/mol. The average Bonchev–Trinajstić information content (AvgIpc) is 3.52.